The first kappa shape index (κ1) is 12.9. The Labute approximate surface area is 82.0 Å². The molecular formula is C11H24O2. The summed E-state index contributed by atoms with van der Waals surface area (Å²) < 4.78 is 0. The van der Waals surface area contributed by atoms with Crippen LogP contribution in [0.1, 0.15) is 58.8 Å². The first-order valence-electron chi connectivity index (χ1n) is 5.56. The maximum absolute atomic E-state index is 9.49. The zero-order chi connectivity index (χ0) is 10.1. The number of rotatable bonds is 8. The minimum absolute atomic E-state index is 0.299. The number of unbranched alkanes of at least 4 members (excludes halogenated alkanes) is 2. The van der Waals surface area contributed by atoms with Gasteiger partial charge in [0.1, 0.15) is 0 Å². The van der Waals surface area contributed by atoms with Crippen molar-refractivity contribution in [3.05, 3.63) is 0 Å². The average Bonchev–Trinajstić information content (AvgIpc) is 2.11. The Bertz CT molecular complexity index is 92.3. The van der Waals surface area contributed by atoms with Crippen molar-refractivity contribution in [1.82, 2.24) is 0 Å². The van der Waals surface area contributed by atoms with Crippen LogP contribution in [-0.4, -0.2) is 22.4 Å². The third-order valence-electron chi connectivity index (χ3n) is 2.33. The van der Waals surface area contributed by atoms with E-state index >= 15 is 0 Å². The van der Waals surface area contributed by atoms with Crippen LogP contribution in [0.3, 0.4) is 0 Å². The van der Waals surface area contributed by atoms with Gasteiger partial charge in [0.15, 0.2) is 0 Å². The summed E-state index contributed by atoms with van der Waals surface area (Å²) in [6.45, 7) is 4.22. The molecule has 2 N–H and O–H groups in total. The SMILES string of the molecule is CCCCC(O)C[C@H](O)CCCC. The van der Waals surface area contributed by atoms with Crippen molar-refractivity contribution in [3.63, 3.8) is 0 Å². The molecule has 0 amide bonds. The molecule has 0 aliphatic rings. The van der Waals surface area contributed by atoms with Crippen LogP contribution in [0.5, 0.6) is 0 Å². The molecule has 13 heavy (non-hydrogen) atoms. The van der Waals surface area contributed by atoms with E-state index in [1.807, 2.05) is 0 Å². The Kier molecular flexibility index (Phi) is 8.46. The molecule has 0 radical (unpaired) electrons. The standard InChI is InChI=1S/C11H24O2/c1-3-5-7-10(12)9-11(13)8-6-4-2/h10-13H,3-9H2,1-2H3/t10-,11?/m1/s1. The molecule has 80 valence electrons. The summed E-state index contributed by atoms with van der Waals surface area (Å²) in [5.41, 5.74) is 0. The molecule has 0 bridgehead atoms. The molecule has 0 saturated carbocycles. The Morgan fingerprint density at radius 3 is 1.54 bits per heavy atom. The Balaban J connectivity index is 3.35. The highest BCUT2D eigenvalue weighted by atomic mass is 16.3. The van der Waals surface area contributed by atoms with E-state index in [1.165, 1.54) is 0 Å². The van der Waals surface area contributed by atoms with Crippen molar-refractivity contribution in [1.29, 1.82) is 0 Å². The lowest BCUT2D eigenvalue weighted by Crippen LogP contribution is -2.17. The van der Waals surface area contributed by atoms with Crippen LogP contribution in [0.4, 0.5) is 0 Å². The molecule has 0 aliphatic heterocycles. The quantitative estimate of drug-likeness (QED) is 0.614. The molecule has 0 rings (SSSR count). The zero-order valence-electron chi connectivity index (χ0n) is 9.00. The molecule has 2 atom stereocenters. The van der Waals surface area contributed by atoms with Crippen molar-refractivity contribution in [3.8, 4) is 0 Å². The summed E-state index contributed by atoms with van der Waals surface area (Å²) in [5.74, 6) is 0. The first-order valence-corrected chi connectivity index (χ1v) is 5.56. The first-order chi connectivity index (χ1) is 6.20. The van der Waals surface area contributed by atoms with Gasteiger partial charge in [0.05, 0.1) is 12.2 Å². The van der Waals surface area contributed by atoms with Crippen molar-refractivity contribution < 1.29 is 10.2 Å². The Morgan fingerprint density at radius 1 is 0.846 bits per heavy atom. The maximum atomic E-state index is 9.49. The molecule has 0 heterocycles. The van der Waals surface area contributed by atoms with E-state index in [-0.39, 0.29) is 12.2 Å². The second-order valence-corrected chi connectivity index (χ2v) is 3.83. The fourth-order valence-corrected chi connectivity index (χ4v) is 1.43. The van der Waals surface area contributed by atoms with Gasteiger partial charge in [-0.15, -0.1) is 0 Å². The van der Waals surface area contributed by atoms with Crippen LogP contribution < -0.4 is 0 Å². The second kappa shape index (κ2) is 8.52. The van der Waals surface area contributed by atoms with Gasteiger partial charge < -0.3 is 10.2 Å². The van der Waals surface area contributed by atoms with Crippen LogP contribution in [-0.2, 0) is 0 Å². The van der Waals surface area contributed by atoms with Gasteiger partial charge >= 0.3 is 0 Å². The van der Waals surface area contributed by atoms with Gasteiger partial charge in [-0.2, -0.15) is 0 Å². The van der Waals surface area contributed by atoms with Crippen molar-refractivity contribution in [2.24, 2.45) is 0 Å². The van der Waals surface area contributed by atoms with E-state index < -0.39 is 0 Å². The highest BCUT2D eigenvalue weighted by Gasteiger charge is 2.10. The summed E-state index contributed by atoms with van der Waals surface area (Å²) in [6, 6.07) is 0. The van der Waals surface area contributed by atoms with E-state index in [9.17, 15) is 10.2 Å². The summed E-state index contributed by atoms with van der Waals surface area (Å²) in [5, 5.41) is 19.0. The molecule has 2 nitrogen and oxygen atoms in total. The third-order valence-corrected chi connectivity index (χ3v) is 2.33. The van der Waals surface area contributed by atoms with Crippen LogP contribution in [0, 0.1) is 0 Å². The fourth-order valence-electron chi connectivity index (χ4n) is 1.43. The molecule has 0 aliphatic carbocycles. The summed E-state index contributed by atoms with van der Waals surface area (Å²) in [6.07, 6.45) is 5.96. The smallest absolute Gasteiger partial charge is 0.0564 e. The Morgan fingerprint density at radius 2 is 1.23 bits per heavy atom. The predicted molar refractivity (Wildman–Crippen MR) is 55.7 cm³/mol. The topological polar surface area (TPSA) is 40.5 Å². The minimum atomic E-state index is -0.299. The van der Waals surface area contributed by atoms with E-state index in [4.69, 9.17) is 0 Å². The number of hydrogen-bond donors (Lipinski definition) is 2. The van der Waals surface area contributed by atoms with Gasteiger partial charge in [-0.3, -0.25) is 0 Å². The lowest BCUT2D eigenvalue weighted by Gasteiger charge is -2.14. The largest absolute Gasteiger partial charge is 0.393 e. The van der Waals surface area contributed by atoms with Gasteiger partial charge in [-0.25, -0.2) is 0 Å². The molecule has 1 unspecified atom stereocenters. The fraction of sp³-hybridized carbons (Fsp3) is 1.00. The van der Waals surface area contributed by atoms with Crippen molar-refractivity contribution in [2.45, 2.75) is 71.0 Å². The number of aliphatic hydroxyl groups excluding tert-OH is 2. The summed E-state index contributed by atoms with van der Waals surface area (Å²) >= 11 is 0. The normalized spacial score (nSPS) is 15.7. The predicted octanol–water partition coefficient (Wildman–Crippen LogP) is 2.48. The summed E-state index contributed by atoms with van der Waals surface area (Å²) in [4.78, 5) is 0. The lowest BCUT2D eigenvalue weighted by molar-refractivity contribution is 0.0686. The van der Waals surface area contributed by atoms with Gasteiger partial charge in [-0.1, -0.05) is 39.5 Å². The molecule has 0 aromatic rings. The van der Waals surface area contributed by atoms with E-state index in [0.29, 0.717) is 6.42 Å². The van der Waals surface area contributed by atoms with Crippen LogP contribution >= 0.6 is 0 Å². The minimum Gasteiger partial charge on any atom is -0.393 e. The molecule has 0 saturated heterocycles. The lowest BCUT2D eigenvalue weighted by atomic mass is 10.0. The average molecular weight is 188 g/mol. The number of hydrogen-bond acceptors (Lipinski definition) is 2. The highest BCUT2D eigenvalue weighted by molar-refractivity contribution is 4.63. The van der Waals surface area contributed by atoms with E-state index in [1.54, 1.807) is 0 Å². The third kappa shape index (κ3) is 8.26. The molecule has 0 spiro atoms. The van der Waals surface area contributed by atoms with Gasteiger partial charge in [0, 0.05) is 0 Å². The van der Waals surface area contributed by atoms with E-state index in [0.717, 1.165) is 38.5 Å². The van der Waals surface area contributed by atoms with Gasteiger partial charge in [0.25, 0.3) is 0 Å². The molecule has 0 aromatic heterocycles. The van der Waals surface area contributed by atoms with Gasteiger partial charge in [-0.05, 0) is 19.3 Å². The van der Waals surface area contributed by atoms with Crippen LogP contribution in [0.15, 0.2) is 0 Å². The molecule has 0 aromatic carbocycles. The van der Waals surface area contributed by atoms with E-state index in [2.05, 4.69) is 13.8 Å². The molecule has 0 fully saturated rings. The monoisotopic (exact) mass is 188 g/mol. The second-order valence-electron chi connectivity index (χ2n) is 3.83. The zero-order valence-corrected chi connectivity index (χ0v) is 9.00. The number of aliphatic hydroxyl groups is 2. The molecule has 2 heteroatoms. The maximum Gasteiger partial charge on any atom is 0.0564 e. The Hall–Kier alpha value is -0.0800. The highest BCUT2D eigenvalue weighted by Crippen LogP contribution is 2.11. The van der Waals surface area contributed by atoms with Gasteiger partial charge in [0.2, 0.25) is 0 Å². The molecular weight excluding hydrogens is 164 g/mol. The summed E-state index contributed by atoms with van der Waals surface area (Å²) in [7, 11) is 0. The van der Waals surface area contributed by atoms with Crippen molar-refractivity contribution >= 4 is 0 Å². The van der Waals surface area contributed by atoms with Crippen molar-refractivity contribution in [2.75, 3.05) is 0 Å². The van der Waals surface area contributed by atoms with Crippen LogP contribution in [0.2, 0.25) is 0 Å². The van der Waals surface area contributed by atoms with Crippen LogP contribution in [0.25, 0.3) is 0 Å².